The molecule has 0 spiro atoms. The maximum atomic E-state index is 9.43. The van der Waals surface area contributed by atoms with Crippen molar-refractivity contribution in [1.82, 2.24) is 0 Å². The third kappa shape index (κ3) is 7.71. The molecule has 0 saturated heterocycles. The van der Waals surface area contributed by atoms with Crippen LogP contribution in [0.1, 0.15) is 57.4 Å². The molecule has 0 aliphatic carbocycles. The van der Waals surface area contributed by atoms with E-state index >= 15 is 0 Å². The van der Waals surface area contributed by atoms with Gasteiger partial charge < -0.3 is 20.8 Å². The van der Waals surface area contributed by atoms with Gasteiger partial charge in [-0.2, -0.15) is 0 Å². The zero-order valence-electron chi connectivity index (χ0n) is 14.8. The highest BCUT2D eigenvalue weighted by Crippen LogP contribution is 2.22. The van der Waals surface area contributed by atoms with Crippen molar-refractivity contribution in [2.45, 2.75) is 64.9 Å². The lowest BCUT2D eigenvalue weighted by Crippen LogP contribution is -2.26. The van der Waals surface area contributed by atoms with E-state index in [0.717, 1.165) is 37.2 Å². The number of nitrogen functional groups attached to an aromatic ring is 1. The minimum absolute atomic E-state index is 0.141. The number of aryl methyl sites for hydroxylation is 1. The number of hydrogen-bond donors (Lipinski definition) is 3. The van der Waals surface area contributed by atoms with E-state index in [1.54, 1.807) is 0 Å². The third-order valence-corrected chi connectivity index (χ3v) is 4.33. The van der Waals surface area contributed by atoms with Crippen LogP contribution >= 0.6 is 0 Å². The van der Waals surface area contributed by atoms with Gasteiger partial charge in [0.05, 0.1) is 12.7 Å². The van der Waals surface area contributed by atoms with Crippen LogP contribution in [0.15, 0.2) is 18.2 Å². The Bertz CT molecular complexity index is 437. The maximum Gasteiger partial charge on any atom is 0.0770 e. The lowest BCUT2D eigenvalue weighted by atomic mass is 10.1. The zero-order chi connectivity index (χ0) is 17.1. The Morgan fingerprint density at radius 2 is 1.78 bits per heavy atom. The van der Waals surface area contributed by atoms with Crippen molar-refractivity contribution in [1.29, 1.82) is 0 Å². The second kappa shape index (κ2) is 11.3. The second-order valence-corrected chi connectivity index (χ2v) is 6.42. The molecule has 4 nitrogen and oxygen atoms in total. The van der Waals surface area contributed by atoms with E-state index in [1.165, 1.54) is 31.4 Å². The van der Waals surface area contributed by atoms with Crippen LogP contribution in [0.5, 0.6) is 0 Å². The summed E-state index contributed by atoms with van der Waals surface area (Å²) in [6.45, 7) is 6.18. The minimum Gasteiger partial charge on any atom is -0.399 e. The normalized spacial score (nSPS) is 12.3. The first-order valence-corrected chi connectivity index (χ1v) is 8.98. The van der Waals surface area contributed by atoms with E-state index in [4.69, 9.17) is 10.8 Å². The van der Waals surface area contributed by atoms with Gasteiger partial charge in [-0.1, -0.05) is 26.2 Å². The number of aliphatic hydroxyl groups excluding tert-OH is 2. The first-order chi connectivity index (χ1) is 11.1. The van der Waals surface area contributed by atoms with E-state index in [1.807, 2.05) is 13.0 Å². The van der Waals surface area contributed by atoms with Crippen LogP contribution in [-0.2, 0) is 0 Å². The lowest BCUT2D eigenvalue weighted by Gasteiger charge is -2.26. The Balaban J connectivity index is 2.55. The van der Waals surface area contributed by atoms with E-state index in [-0.39, 0.29) is 6.61 Å². The highest BCUT2D eigenvalue weighted by atomic mass is 16.3. The fourth-order valence-electron chi connectivity index (χ4n) is 2.73. The molecular weight excluding hydrogens is 288 g/mol. The molecular formula is C19H34N2O2. The number of unbranched alkanes of at least 4 members (excludes halogenated alkanes) is 4. The van der Waals surface area contributed by atoms with Crippen molar-refractivity contribution in [3.8, 4) is 0 Å². The molecule has 4 heteroatoms. The molecule has 0 aliphatic heterocycles. The molecule has 23 heavy (non-hydrogen) atoms. The van der Waals surface area contributed by atoms with E-state index < -0.39 is 6.10 Å². The first kappa shape index (κ1) is 19.8. The van der Waals surface area contributed by atoms with Gasteiger partial charge in [-0.15, -0.1) is 0 Å². The topological polar surface area (TPSA) is 69.7 Å². The van der Waals surface area contributed by atoms with Gasteiger partial charge in [0.2, 0.25) is 0 Å². The molecule has 0 aromatic heterocycles. The Morgan fingerprint density at radius 1 is 1.09 bits per heavy atom. The second-order valence-electron chi connectivity index (χ2n) is 6.42. The van der Waals surface area contributed by atoms with E-state index in [0.29, 0.717) is 6.42 Å². The molecule has 0 fully saturated rings. The van der Waals surface area contributed by atoms with Gasteiger partial charge in [-0.25, -0.2) is 0 Å². The molecule has 0 heterocycles. The van der Waals surface area contributed by atoms with Gasteiger partial charge in [-0.3, -0.25) is 0 Å². The molecule has 0 saturated carbocycles. The number of benzene rings is 1. The van der Waals surface area contributed by atoms with Gasteiger partial charge in [0, 0.05) is 24.5 Å². The molecule has 0 bridgehead atoms. The highest BCUT2D eigenvalue weighted by Gasteiger charge is 2.08. The fraction of sp³-hybridized carbons (Fsp3) is 0.684. The predicted octanol–water partition coefficient (Wildman–Crippen LogP) is 3.49. The summed E-state index contributed by atoms with van der Waals surface area (Å²) in [5.41, 5.74) is 9.12. The summed E-state index contributed by atoms with van der Waals surface area (Å²) in [5.74, 6) is 0. The van der Waals surface area contributed by atoms with Crippen LogP contribution in [0.4, 0.5) is 11.4 Å². The van der Waals surface area contributed by atoms with Crippen molar-refractivity contribution >= 4 is 11.4 Å². The Morgan fingerprint density at radius 3 is 2.39 bits per heavy atom. The van der Waals surface area contributed by atoms with E-state index in [2.05, 4.69) is 24.0 Å². The minimum atomic E-state index is -0.577. The monoisotopic (exact) mass is 322 g/mol. The number of hydrogen-bond acceptors (Lipinski definition) is 4. The average molecular weight is 322 g/mol. The number of anilines is 2. The Kier molecular flexibility index (Phi) is 9.72. The molecule has 1 rings (SSSR count). The maximum absolute atomic E-state index is 9.43. The lowest BCUT2D eigenvalue weighted by molar-refractivity contribution is 0.0863. The van der Waals surface area contributed by atoms with Crippen molar-refractivity contribution in [2.75, 3.05) is 30.3 Å². The SMILES string of the molecule is CCCCCCN(CCCCC(O)CO)c1ccc(N)c(C)c1. The van der Waals surface area contributed by atoms with Crippen LogP contribution in [-0.4, -0.2) is 36.0 Å². The number of nitrogens with zero attached hydrogens (tertiary/aromatic N) is 1. The summed E-state index contributed by atoms with van der Waals surface area (Å²) in [6, 6.07) is 6.25. The van der Waals surface area contributed by atoms with E-state index in [9.17, 15) is 5.11 Å². The predicted molar refractivity (Wildman–Crippen MR) is 98.9 cm³/mol. The van der Waals surface area contributed by atoms with Crippen molar-refractivity contribution in [3.63, 3.8) is 0 Å². The van der Waals surface area contributed by atoms with Crippen molar-refractivity contribution < 1.29 is 10.2 Å². The largest absolute Gasteiger partial charge is 0.399 e. The number of aliphatic hydroxyl groups is 2. The van der Waals surface area contributed by atoms with Crippen LogP contribution in [0, 0.1) is 6.92 Å². The summed E-state index contributed by atoms with van der Waals surface area (Å²) < 4.78 is 0. The molecule has 0 amide bonds. The van der Waals surface area contributed by atoms with Crippen LogP contribution < -0.4 is 10.6 Å². The average Bonchev–Trinajstić information content (AvgIpc) is 2.55. The molecule has 1 atom stereocenters. The summed E-state index contributed by atoms with van der Waals surface area (Å²) in [5, 5.41) is 18.3. The quantitative estimate of drug-likeness (QED) is 0.407. The number of rotatable bonds is 12. The highest BCUT2D eigenvalue weighted by molar-refractivity contribution is 5.58. The summed E-state index contributed by atoms with van der Waals surface area (Å²) in [4.78, 5) is 2.42. The van der Waals surface area contributed by atoms with Gasteiger partial charge >= 0.3 is 0 Å². The summed E-state index contributed by atoms with van der Waals surface area (Å²) in [7, 11) is 0. The van der Waals surface area contributed by atoms with Gasteiger partial charge in [0.25, 0.3) is 0 Å². The van der Waals surface area contributed by atoms with Gasteiger partial charge in [-0.05, 0) is 56.4 Å². The fourth-order valence-corrected chi connectivity index (χ4v) is 2.73. The zero-order valence-corrected chi connectivity index (χ0v) is 14.8. The molecule has 0 radical (unpaired) electrons. The Hall–Kier alpha value is -1.26. The van der Waals surface area contributed by atoms with Crippen LogP contribution in [0.25, 0.3) is 0 Å². The molecule has 1 aromatic rings. The molecule has 4 N–H and O–H groups in total. The summed E-state index contributed by atoms with van der Waals surface area (Å²) in [6.07, 6.45) is 7.06. The van der Waals surface area contributed by atoms with Crippen LogP contribution in [0.2, 0.25) is 0 Å². The van der Waals surface area contributed by atoms with Crippen LogP contribution in [0.3, 0.4) is 0 Å². The standard InChI is InChI=1S/C19H34N2O2/c1-3-4-5-7-12-21(13-8-6-9-18(23)15-22)17-10-11-19(20)16(2)14-17/h10-11,14,18,22-23H,3-9,12-13,15,20H2,1-2H3. The molecule has 1 unspecified atom stereocenters. The molecule has 1 aromatic carbocycles. The third-order valence-electron chi connectivity index (χ3n) is 4.33. The molecule has 0 aliphatic rings. The molecule has 132 valence electrons. The van der Waals surface area contributed by atoms with Crippen molar-refractivity contribution in [2.24, 2.45) is 0 Å². The smallest absolute Gasteiger partial charge is 0.0770 e. The van der Waals surface area contributed by atoms with Gasteiger partial charge in [0.15, 0.2) is 0 Å². The first-order valence-electron chi connectivity index (χ1n) is 8.98. The summed E-state index contributed by atoms with van der Waals surface area (Å²) >= 11 is 0. The van der Waals surface area contributed by atoms with Gasteiger partial charge in [0.1, 0.15) is 0 Å². The Labute approximate surface area is 141 Å². The number of nitrogens with two attached hydrogens (primary N) is 1. The van der Waals surface area contributed by atoms with Crippen molar-refractivity contribution in [3.05, 3.63) is 23.8 Å².